The molecule has 1 saturated heterocycles. The number of halogens is 1. The smallest absolute Gasteiger partial charge is 0.268 e. The Morgan fingerprint density at radius 1 is 1.29 bits per heavy atom. The van der Waals surface area contributed by atoms with E-state index in [1.165, 1.54) is 23.5 Å². The zero-order valence-electron chi connectivity index (χ0n) is 17.5. The van der Waals surface area contributed by atoms with Gasteiger partial charge in [-0.05, 0) is 57.0 Å². The van der Waals surface area contributed by atoms with E-state index in [-0.39, 0.29) is 16.6 Å². The van der Waals surface area contributed by atoms with Gasteiger partial charge in [-0.3, -0.25) is 0 Å². The van der Waals surface area contributed by atoms with E-state index in [2.05, 4.69) is 26.7 Å². The number of thiophene rings is 1. The summed E-state index contributed by atoms with van der Waals surface area (Å²) in [6.07, 6.45) is 2.31. The van der Waals surface area contributed by atoms with Crippen LogP contribution in [-0.4, -0.2) is 49.6 Å². The first-order valence-corrected chi connectivity index (χ1v) is 12.5. The van der Waals surface area contributed by atoms with Gasteiger partial charge in [0.2, 0.25) is 15.8 Å². The highest BCUT2D eigenvalue weighted by Gasteiger charge is 2.23. The van der Waals surface area contributed by atoms with Gasteiger partial charge in [0.1, 0.15) is 5.82 Å². The Kier molecular flexibility index (Phi) is 6.52. The van der Waals surface area contributed by atoms with Crippen molar-refractivity contribution in [3.05, 3.63) is 41.0 Å². The van der Waals surface area contributed by atoms with Crippen LogP contribution in [0.1, 0.15) is 24.6 Å². The minimum Gasteiger partial charge on any atom is -0.333 e. The lowest BCUT2D eigenvalue weighted by atomic mass is 9.99. The molecular weight excluding hydrogens is 439 g/mol. The highest BCUT2D eigenvalue weighted by atomic mass is 32.2. The Labute approximate surface area is 185 Å². The van der Waals surface area contributed by atoms with Gasteiger partial charge < -0.3 is 9.42 Å². The third-order valence-corrected chi connectivity index (χ3v) is 8.23. The van der Waals surface area contributed by atoms with E-state index in [0.29, 0.717) is 28.4 Å². The number of hydrogen-bond acceptors (Lipinski definition) is 7. The zero-order valence-corrected chi connectivity index (χ0v) is 19.1. The van der Waals surface area contributed by atoms with Gasteiger partial charge in [-0.2, -0.15) is 4.98 Å². The lowest BCUT2D eigenvalue weighted by molar-refractivity contribution is 0.195. The molecule has 2 aromatic heterocycles. The maximum Gasteiger partial charge on any atom is 0.268 e. The summed E-state index contributed by atoms with van der Waals surface area (Å²) in [5.74, 6) is 0.801. The second kappa shape index (κ2) is 9.15. The van der Waals surface area contributed by atoms with Crippen LogP contribution in [0.3, 0.4) is 0 Å². The largest absolute Gasteiger partial charge is 0.333 e. The first kappa shape index (κ1) is 22.1. The van der Waals surface area contributed by atoms with Crippen LogP contribution in [0.25, 0.3) is 22.2 Å². The molecular formula is C21H25FN4O3S2. The molecule has 1 N–H and O–H groups in total. The average Bonchev–Trinajstić information content (AvgIpc) is 3.37. The summed E-state index contributed by atoms with van der Waals surface area (Å²) in [7, 11) is -3.65. The van der Waals surface area contributed by atoms with E-state index in [9.17, 15) is 12.8 Å². The van der Waals surface area contributed by atoms with Gasteiger partial charge >= 0.3 is 0 Å². The molecule has 1 aromatic carbocycles. The molecule has 0 spiro atoms. The van der Waals surface area contributed by atoms with E-state index in [4.69, 9.17) is 4.52 Å². The van der Waals surface area contributed by atoms with Gasteiger partial charge in [0.25, 0.3) is 5.89 Å². The molecule has 1 aliphatic rings. The van der Waals surface area contributed by atoms with Crippen molar-refractivity contribution in [1.29, 1.82) is 0 Å². The van der Waals surface area contributed by atoms with E-state index in [0.717, 1.165) is 31.8 Å². The number of benzene rings is 1. The van der Waals surface area contributed by atoms with E-state index < -0.39 is 15.8 Å². The van der Waals surface area contributed by atoms with Crippen molar-refractivity contribution >= 4 is 21.4 Å². The summed E-state index contributed by atoms with van der Waals surface area (Å²) >= 11 is 1.27. The Hall–Kier alpha value is -2.14. The molecule has 0 saturated carbocycles. The molecule has 3 aromatic rings. The molecule has 3 heterocycles. The second-order valence-corrected chi connectivity index (χ2v) is 10.9. The lowest BCUT2D eigenvalue weighted by Gasteiger charge is -2.30. The van der Waals surface area contributed by atoms with Crippen molar-refractivity contribution in [2.75, 3.05) is 26.2 Å². The van der Waals surface area contributed by atoms with Crippen LogP contribution >= 0.6 is 11.3 Å². The van der Waals surface area contributed by atoms with E-state index in [1.54, 1.807) is 25.1 Å². The summed E-state index contributed by atoms with van der Waals surface area (Å²) in [4.78, 5) is 8.00. The molecule has 0 unspecified atom stereocenters. The van der Waals surface area contributed by atoms with Crippen molar-refractivity contribution in [2.45, 2.75) is 31.6 Å². The fourth-order valence-electron chi connectivity index (χ4n) is 3.61. The highest BCUT2D eigenvalue weighted by Crippen LogP contribution is 2.33. The van der Waals surface area contributed by atoms with Gasteiger partial charge in [-0.25, -0.2) is 17.5 Å². The van der Waals surface area contributed by atoms with Crippen LogP contribution in [0, 0.1) is 18.7 Å². The molecule has 0 radical (unpaired) electrons. The van der Waals surface area contributed by atoms with Crippen LogP contribution in [0.5, 0.6) is 0 Å². The number of aryl methyl sites for hydroxylation is 1. The number of nitrogens with one attached hydrogen (secondary N) is 1. The van der Waals surface area contributed by atoms with Crippen molar-refractivity contribution < 1.29 is 17.3 Å². The fraction of sp³-hybridized carbons (Fsp3) is 0.429. The number of sulfonamides is 1. The third-order valence-electron chi connectivity index (χ3n) is 5.48. The molecule has 166 valence electrons. The maximum absolute atomic E-state index is 13.4. The second-order valence-electron chi connectivity index (χ2n) is 7.89. The molecule has 1 aliphatic heterocycles. The molecule has 0 aliphatic carbocycles. The maximum atomic E-state index is 13.4. The van der Waals surface area contributed by atoms with Gasteiger partial charge in [-0.1, -0.05) is 24.2 Å². The monoisotopic (exact) mass is 464 g/mol. The Bertz CT molecular complexity index is 1150. The Balaban J connectivity index is 1.44. The van der Waals surface area contributed by atoms with Crippen molar-refractivity contribution in [2.24, 2.45) is 5.92 Å². The van der Waals surface area contributed by atoms with Gasteiger partial charge in [0.15, 0.2) is 0 Å². The van der Waals surface area contributed by atoms with Gasteiger partial charge in [0.05, 0.1) is 9.77 Å². The number of aromatic nitrogens is 2. The molecule has 0 bridgehead atoms. The standard InChI is InChI=1S/C21H25FN4O3S2/c1-14-6-9-26(10-7-14)11-8-23-31(27,28)19-13-18(30-15(19)2)21-24-20(25-29-21)16-4-3-5-17(22)12-16/h3-5,12-14,23H,6-11H2,1-2H3. The highest BCUT2D eigenvalue weighted by molar-refractivity contribution is 7.89. The molecule has 0 atom stereocenters. The van der Waals surface area contributed by atoms with Crippen molar-refractivity contribution in [3.8, 4) is 22.2 Å². The SMILES string of the molecule is Cc1sc(-c2nc(-c3cccc(F)c3)no2)cc1S(=O)(=O)NCCN1CCC(C)CC1. The Morgan fingerprint density at radius 3 is 2.81 bits per heavy atom. The summed E-state index contributed by atoms with van der Waals surface area (Å²) < 4.78 is 47.1. The normalized spacial score (nSPS) is 16.1. The molecule has 0 amide bonds. The van der Waals surface area contributed by atoms with E-state index in [1.807, 2.05) is 0 Å². The van der Waals surface area contributed by atoms with Crippen LogP contribution in [-0.2, 0) is 10.0 Å². The molecule has 10 heteroatoms. The fourth-order valence-corrected chi connectivity index (χ4v) is 6.14. The van der Waals surface area contributed by atoms with Gasteiger partial charge in [-0.15, -0.1) is 11.3 Å². The number of piperidine rings is 1. The lowest BCUT2D eigenvalue weighted by Crippen LogP contribution is -2.39. The first-order valence-electron chi connectivity index (χ1n) is 10.2. The van der Waals surface area contributed by atoms with E-state index >= 15 is 0 Å². The summed E-state index contributed by atoms with van der Waals surface area (Å²) in [5.41, 5.74) is 0.491. The zero-order chi connectivity index (χ0) is 22.0. The molecule has 4 rings (SSSR count). The average molecular weight is 465 g/mol. The van der Waals surface area contributed by atoms with Crippen LogP contribution in [0.4, 0.5) is 4.39 Å². The Morgan fingerprint density at radius 2 is 2.06 bits per heavy atom. The topological polar surface area (TPSA) is 88.3 Å². The summed E-state index contributed by atoms with van der Waals surface area (Å²) in [5, 5.41) is 3.89. The first-order chi connectivity index (χ1) is 14.8. The predicted octanol–water partition coefficient (Wildman–Crippen LogP) is 3.92. The molecule has 1 fully saturated rings. The van der Waals surface area contributed by atoms with Crippen LogP contribution in [0.15, 0.2) is 39.8 Å². The number of rotatable bonds is 7. The summed E-state index contributed by atoms with van der Waals surface area (Å²) in [6.45, 7) is 7.08. The quantitative estimate of drug-likeness (QED) is 0.570. The summed E-state index contributed by atoms with van der Waals surface area (Å²) in [6, 6.07) is 7.45. The van der Waals surface area contributed by atoms with Crippen LogP contribution < -0.4 is 4.72 Å². The molecule has 7 nitrogen and oxygen atoms in total. The number of likely N-dealkylation sites (tertiary alicyclic amines) is 1. The van der Waals surface area contributed by atoms with Gasteiger partial charge in [0, 0.05) is 23.5 Å². The third kappa shape index (κ3) is 5.20. The number of nitrogens with zero attached hydrogens (tertiary/aromatic N) is 3. The van der Waals surface area contributed by atoms with Crippen LogP contribution in [0.2, 0.25) is 0 Å². The minimum absolute atomic E-state index is 0.205. The number of hydrogen-bond donors (Lipinski definition) is 1. The van der Waals surface area contributed by atoms with Crippen molar-refractivity contribution in [1.82, 2.24) is 19.8 Å². The van der Waals surface area contributed by atoms with Crippen molar-refractivity contribution in [3.63, 3.8) is 0 Å². The molecule has 31 heavy (non-hydrogen) atoms. The predicted molar refractivity (Wildman–Crippen MR) is 118 cm³/mol. The minimum atomic E-state index is -3.65.